The van der Waals surface area contributed by atoms with Crippen molar-refractivity contribution in [1.82, 2.24) is 5.32 Å². The third kappa shape index (κ3) is 0.772. The van der Waals surface area contributed by atoms with Gasteiger partial charge >= 0.3 is 0 Å². The lowest BCUT2D eigenvalue weighted by Crippen LogP contribution is -2.67. The van der Waals surface area contributed by atoms with Crippen LogP contribution in [0.3, 0.4) is 0 Å². The maximum atomic E-state index is 13.1. The van der Waals surface area contributed by atoms with Crippen molar-refractivity contribution >= 4 is 0 Å². The molecule has 2 heterocycles. The number of ether oxygens (including phenoxy) is 1. The predicted octanol–water partition coefficient (Wildman–Crippen LogP) is 0.477. The van der Waals surface area contributed by atoms with E-state index >= 15 is 0 Å². The van der Waals surface area contributed by atoms with Gasteiger partial charge in [-0.3, -0.25) is 0 Å². The Morgan fingerprint density at radius 1 is 1.60 bits per heavy atom. The monoisotopic (exact) mass is 145 g/mol. The highest BCUT2D eigenvalue weighted by Gasteiger charge is 2.46. The fourth-order valence-electron chi connectivity index (χ4n) is 1.64. The van der Waals surface area contributed by atoms with E-state index in [2.05, 4.69) is 5.32 Å². The largest absolute Gasteiger partial charge is 0.379 e. The third-order valence-corrected chi connectivity index (χ3v) is 2.52. The van der Waals surface area contributed by atoms with Crippen LogP contribution in [0.15, 0.2) is 0 Å². The zero-order valence-corrected chi connectivity index (χ0v) is 5.90. The van der Waals surface area contributed by atoms with Gasteiger partial charge in [0, 0.05) is 13.0 Å². The summed E-state index contributed by atoms with van der Waals surface area (Å²) in [5, 5.41) is 3.11. The lowest BCUT2D eigenvalue weighted by atomic mass is 9.81. The van der Waals surface area contributed by atoms with Crippen LogP contribution in [0.5, 0.6) is 0 Å². The van der Waals surface area contributed by atoms with E-state index in [4.69, 9.17) is 4.74 Å². The van der Waals surface area contributed by atoms with Crippen LogP contribution in [0, 0.1) is 0 Å². The summed E-state index contributed by atoms with van der Waals surface area (Å²) in [6.07, 6.45) is 0.816. The number of halogens is 1. The van der Waals surface area contributed by atoms with E-state index in [-0.39, 0.29) is 5.54 Å². The van der Waals surface area contributed by atoms with Crippen LogP contribution in [0.4, 0.5) is 4.39 Å². The molecule has 0 aromatic carbocycles. The van der Waals surface area contributed by atoms with Crippen molar-refractivity contribution in [3.8, 4) is 0 Å². The van der Waals surface area contributed by atoms with Gasteiger partial charge in [0.25, 0.3) is 0 Å². The van der Waals surface area contributed by atoms with Crippen molar-refractivity contribution in [2.24, 2.45) is 0 Å². The van der Waals surface area contributed by atoms with Crippen LogP contribution in [0.1, 0.15) is 12.8 Å². The van der Waals surface area contributed by atoms with Gasteiger partial charge in [0.1, 0.15) is 6.17 Å². The number of alkyl halides is 1. The van der Waals surface area contributed by atoms with E-state index in [9.17, 15) is 4.39 Å². The molecule has 2 unspecified atom stereocenters. The molecule has 0 bridgehead atoms. The molecule has 0 aromatic rings. The Hall–Kier alpha value is -0.150. The molecule has 0 saturated carbocycles. The summed E-state index contributed by atoms with van der Waals surface area (Å²) in [5.41, 5.74) is -0.280. The van der Waals surface area contributed by atoms with Crippen LogP contribution in [-0.4, -0.2) is 31.5 Å². The Morgan fingerprint density at radius 3 is 2.80 bits per heavy atom. The molecule has 2 atom stereocenters. The molecule has 0 aromatic heterocycles. The fourth-order valence-corrected chi connectivity index (χ4v) is 1.64. The molecule has 58 valence electrons. The van der Waals surface area contributed by atoms with Crippen LogP contribution in [0.2, 0.25) is 0 Å². The van der Waals surface area contributed by atoms with Gasteiger partial charge in [0.15, 0.2) is 0 Å². The maximum Gasteiger partial charge on any atom is 0.123 e. The van der Waals surface area contributed by atoms with Crippen molar-refractivity contribution in [2.45, 2.75) is 24.6 Å². The highest BCUT2D eigenvalue weighted by Crippen LogP contribution is 2.30. The molecule has 1 spiro atoms. The summed E-state index contributed by atoms with van der Waals surface area (Å²) in [4.78, 5) is 0. The number of hydrogen-bond donors (Lipinski definition) is 1. The van der Waals surface area contributed by atoms with E-state index < -0.39 is 6.17 Å². The van der Waals surface area contributed by atoms with Gasteiger partial charge in [-0.1, -0.05) is 0 Å². The Kier molecular flexibility index (Phi) is 1.42. The zero-order valence-electron chi connectivity index (χ0n) is 5.90. The Labute approximate surface area is 59.7 Å². The number of nitrogens with one attached hydrogen (secondary N) is 1. The average Bonchev–Trinajstić information content (AvgIpc) is 1.85. The molecular weight excluding hydrogens is 133 g/mol. The Balaban J connectivity index is 2.03. The fraction of sp³-hybridized carbons (Fsp3) is 1.00. The summed E-state index contributed by atoms with van der Waals surface area (Å²) >= 11 is 0. The van der Waals surface area contributed by atoms with Crippen molar-refractivity contribution in [2.75, 3.05) is 19.8 Å². The minimum atomic E-state index is -0.685. The second-order valence-electron chi connectivity index (χ2n) is 3.14. The van der Waals surface area contributed by atoms with Gasteiger partial charge in [-0.15, -0.1) is 0 Å². The van der Waals surface area contributed by atoms with Gasteiger partial charge in [-0.05, 0) is 13.0 Å². The highest BCUT2D eigenvalue weighted by molar-refractivity contribution is 5.03. The summed E-state index contributed by atoms with van der Waals surface area (Å²) in [5.74, 6) is 0. The Morgan fingerprint density at radius 2 is 2.40 bits per heavy atom. The average molecular weight is 145 g/mol. The molecule has 0 aliphatic carbocycles. The summed E-state index contributed by atoms with van der Waals surface area (Å²) in [6.45, 7) is 2.10. The van der Waals surface area contributed by atoms with Gasteiger partial charge in [0.05, 0.1) is 12.1 Å². The van der Waals surface area contributed by atoms with Gasteiger partial charge in [-0.25, -0.2) is 4.39 Å². The van der Waals surface area contributed by atoms with Crippen LogP contribution >= 0.6 is 0 Å². The lowest BCUT2D eigenvalue weighted by Gasteiger charge is -2.47. The third-order valence-electron chi connectivity index (χ3n) is 2.52. The first-order chi connectivity index (χ1) is 4.83. The highest BCUT2D eigenvalue weighted by atomic mass is 19.1. The molecule has 10 heavy (non-hydrogen) atoms. The van der Waals surface area contributed by atoms with Crippen molar-refractivity contribution < 1.29 is 9.13 Å². The van der Waals surface area contributed by atoms with E-state index in [0.29, 0.717) is 19.6 Å². The molecule has 3 heteroatoms. The second-order valence-corrected chi connectivity index (χ2v) is 3.14. The van der Waals surface area contributed by atoms with Crippen molar-refractivity contribution in [1.29, 1.82) is 0 Å². The number of hydrogen-bond acceptors (Lipinski definition) is 2. The van der Waals surface area contributed by atoms with Gasteiger partial charge < -0.3 is 10.1 Å². The quantitative estimate of drug-likeness (QED) is 0.535. The lowest BCUT2D eigenvalue weighted by molar-refractivity contribution is -0.0642. The molecule has 2 aliphatic heterocycles. The molecule has 2 saturated heterocycles. The van der Waals surface area contributed by atoms with Crippen LogP contribution in [0.25, 0.3) is 0 Å². The van der Waals surface area contributed by atoms with E-state index in [1.807, 2.05) is 0 Å². The predicted molar refractivity (Wildman–Crippen MR) is 35.7 cm³/mol. The SMILES string of the molecule is FC1CCOCC12CCN2. The van der Waals surface area contributed by atoms with E-state index in [1.165, 1.54) is 0 Å². The molecular formula is C7H12FNO. The molecule has 2 rings (SSSR count). The van der Waals surface area contributed by atoms with E-state index in [1.54, 1.807) is 0 Å². The molecule has 2 fully saturated rings. The smallest absolute Gasteiger partial charge is 0.123 e. The summed E-state index contributed by atoms with van der Waals surface area (Å²) < 4.78 is 18.3. The first-order valence-corrected chi connectivity index (χ1v) is 3.80. The minimum Gasteiger partial charge on any atom is -0.379 e. The number of rotatable bonds is 0. The van der Waals surface area contributed by atoms with Gasteiger partial charge in [-0.2, -0.15) is 0 Å². The molecule has 1 N–H and O–H groups in total. The van der Waals surface area contributed by atoms with Crippen molar-refractivity contribution in [3.05, 3.63) is 0 Å². The molecule has 2 nitrogen and oxygen atoms in total. The molecule has 0 radical (unpaired) electrons. The normalized spacial score (nSPS) is 47.1. The Bertz CT molecular complexity index is 136. The molecule has 2 aliphatic rings. The van der Waals surface area contributed by atoms with Crippen LogP contribution in [-0.2, 0) is 4.74 Å². The summed E-state index contributed by atoms with van der Waals surface area (Å²) in [6, 6.07) is 0. The molecule has 0 amide bonds. The first kappa shape index (κ1) is 6.55. The van der Waals surface area contributed by atoms with Gasteiger partial charge in [0.2, 0.25) is 0 Å². The topological polar surface area (TPSA) is 21.3 Å². The first-order valence-electron chi connectivity index (χ1n) is 3.80. The second kappa shape index (κ2) is 2.17. The van der Waals surface area contributed by atoms with Crippen molar-refractivity contribution in [3.63, 3.8) is 0 Å². The standard InChI is InChI=1S/C7H12FNO/c8-6-1-4-10-5-7(6)2-3-9-7/h6,9H,1-5H2. The minimum absolute atomic E-state index is 0.280. The van der Waals surface area contributed by atoms with Crippen LogP contribution < -0.4 is 5.32 Å². The summed E-state index contributed by atoms with van der Waals surface area (Å²) in [7, 11) is 0. The maximum absolute atomic E-state index is 13.1. The zero-order chi connectivity index (χ0) is 7.03. The van der Waals surface area contributed by atoms with E-state index in [0.717, 1.165) is 13.0 Å².